The van der Waals surface area contributed by atoms with Crippen LogP contribution in [0, 0.1) is 0 Å². The number of rotatable bonds is 4. The number of amides is 2. The van der Waals surface area contributed by atoms with Crippen molar-refractivity contribution in [3.05, 3.63) is 84.9 Å². The van der Waals surface area contributed by atoms with Crippen molar-refractivity contribution in [3.8, 4) is 11.4 Å². The van der Waals surface area contributed by atoms with Gasteiger partial charge in [0.25, 0.3) is 0 Å². The van der Waals surface area contributed by atoms with Gasteiger partial charge in [0.1, 0.15) is 5.82 Å². The summed E-state index contributed by atoms with van der Waals surface area (Å²) in [4.78, 5) is 24.4. The Morgan fingerprint density at radius 3 is 2.22 bits per heavy atom. The molecule has 2 heterocycles. The predicted molar refractivity (Wildman–Crippen MR) is 129 cm³/mol. The molecular weight excluding hydrogens is 398 g/mol. The predicted octanol–water partition coefficient (Wildman–Crippen LogP) is 5.09. The van der Waals surface area contributed by atoms with Crippen molar-refractivity contribution in [2.24, 2.45) is 0 Å². The third-order valence-electron chi connectivity index (χ3n) is 5.78. The van der Waals surface area contributed by atoms with Crippen LogP contribution in [-0.2, 0) is 0 Å². The van der Waals surface area contributed by atoms with Crippen LogP contribution in [-0.4, -0.2) is 35.1 Å². The summed E-state index contributed by atoms with van der Waals surface area (Å²) >= 11 is 0. The molecule has 3 aromatic carbocycles. The van der Waals surface area contributed by atoms with Crippen LogP contribution in [0.1, 0.15) is 12.8 Å². The highest BCUT2D eigenvalue weighted by Crippen LogP contribution is 2.29. The fourth-order valence-corrected chi connectivity index (χ4v) is 4.13. The molecule has 0 atom stereocenters. The Bertz CT molecular complexity index is 1200. The average molecular weight is 424 g/mol. The summed E-state index contributed by atoms with van der Waals surface area (Å²) in [6.45, 7) is 1.65. The van der Waals surface area contributed by atoms with Crippen molar-refractivity contribution < 1.29 is 4.79 Å². The van der Waals surface area contributed by atoms with Crippen LogP contribution in [0.15, 0.2) is 84.9 Å². The molecule has 1 aromatic heterocycles. The zero-order chi connectivity index (χ0) is 21.8. The number of para-hydroxylation sites is 2. The summed E-state index contributed by atoms with van der Waals surface area (Å²) in [5.41, 5.74) is 2.75. The Balaban J connectivity index is 1.31. The lowest BCUT2D eigenvalue weighted by molar-refractivity contribution is 0.246. The molecule has 0 spiro atoms. The van der Waals surface area contributed by atoms with Crippen LogP contribution in [0.2, 0.25) is 0 Å². The molecule has 0 aliphatic carbocycles. The first kappa shape index (κ1) is 20.0. The molecule has 0 radical (unpaired) electrons. The minimum absolute atomic E-state index is 0.136. The monoisotopic (exact) mass is 423 g/mol. The summed E-state index contributed by atoms with van der Waals surface area (Å²) in [7, 11) is 0. The van der Waals surface area contributed by atoms with Crippen LogP contribution in [0.3, 0.4) is 0 Å². The number of nitrogens with one attached hydrogen (secondary N) is 2. The van der Waals surface area contributed by atoms with Gasteiger partial charge in [-0.25, -0.2) is 14.8 Å². The summed E-state index contributed by atoms with van der Waals surface area (Å²) in [5, 5.41) is 7.06. The van der Waals surface area contributed by atoms with Gasteiger partial charge in [0.2, 0.25) is 0 Å². The number of anilines is 2. The third kappa shape index (κ3) is 4.39. The van der Waals surface area contributed by atoms with E-state index >= 15 is 0 Å². The van der Waals surface area contributed by atoms with E-state index in [-0.39, 0.29) is 12.1 Å². The zero-order valence-electron chi connectivity index (χ0n) is 17.7. The highest BCUT2D eigenvalue weighted by atomic mass is 16.2. The number of carbonyl (C=O) groups excluding carboxylic acids is 1. The minimum atomic E-state index is -0.159. The molecule has 2 N–H and O–H groups in total. The topological polar surface area (TPSA) is 70.2 Å². The summed E-state index contributed by atoms with van der Waals surface area (Å²) in [6.07, 6.45) is 1.72. The molecule has 1 aliphatic rings. The first-order valence-corrected chi connectivity index (χ1v) is 11.0. The van der Waals surface area contributed by atoms with Gasteiger partial charge < -0.3 is 15.5 Å². The van der Waals surface area contributed by atoms with Crippen molar-refractivity contribution >= 4 is 28.4 Å². The maximum atomic E-state index is 12.4. The molecule has 1 aliphatic heterocycles. The first-order valence-electron chi connectivity index (χ1n) is 11.0. The number of hydrogen-bond donors (Lipinski definition) is 2. The molecule has 0 saturated carbocycles. The summed E-state index contributed by atoms with van der Waals surface area (Å²) in [5.74, 6) is 1.70. The second kappa shape index (κ2) is 9.06. The maximum Gasteiger partial charge on any atom is 0.319 e. The molecule has 160 valence electrons. The van der Waals surface area contributed by atoms with Crippen LogP contribution in [0.5, 0.6) is 0 Å². The lowest BCUT2D eigenvalue weighted by Gasteiger charge is -2.33. The Morgan fingerprint density at radius 1 is 0.812 bits per heavy atom. The highest BCUT2D eigenvalue weighted by molar-refractivity contribution is 5.91. The van der Waals surface area contributed by atoms with E-state index < -0.39 is 0 Å². The Morgan fingerprint density at radius 2 is 1.47 bits per heavy atom. The normalized spacial score (nSPS) is 14.3. The molecule has 5 rings (SSSR count). The number of benzene rings is 3. The number of carbonyl (C=O) groups is 1. The fourth-order valence-electron chi connectivity index (χ4n) is 4.13. The van der Waals surface area contributed by atoms with E-state index in [1.54, 1.807) is 0 Å². The van der Waals surface area contributed by atoms with Gasteiger partial charge in [-0.15, -0.1) is 0 Å². The van der Waals surface area contributed by atoms with Crippen molar-refractivity contribution in [3.63, 3.8) is 0 Å². The number of hydrogen-bond acceptors (Lipinski definition) is 4. The van der Waals surface area contributed by atoms with E-state index in [4.69, 9.17) is 9.97 Å². The number of piperidine rings is 1. The molecule has 32 heavy (non-hydrogen) atoms. The highest BCUT2D eigenvalue weighted by Gasteiger charge is 2.23. The van der Waals surface area contributed by atoms with Gasteiger partial charge in [-0.05, 0) is 37.1 Å². The molecule has 1 saturated heterocycles. The molecule has 6 heteroatoms. The van der Waals surface area contributed by atoms with Gasteiger partial charge in [0.15, 0.2) is 5.82 Å². The standard InChI is InChI=1S/C26H25N5O/c32-26(27-20-11-5-2-6-12-20)28-21-15-17-31(18-16-21)25-22-13-7-8-14-23(22)29-24(30-25)19-9-3-1-4-10-19/h1-14,21H,15-18H2,(H2,27,28,32). The van der Waals surface area contributed by atoms with Crippen molar-refractivity contribution in [1.29, 1.82) is 0 Å². The quantitative estimate of drug-likeness (QED) is 0.480. The lowest BCUT2D eigenvalue weighted by atomic mass is 10.0. The number of nitrogens with zero attached hydrogens (tertiary/aromatic N) is 3. The molecule has 1 fully saturated rings. The maximum absolute atomic E-state index is 12.4. The van der Waals surface area contributed by atoms with Gasteiger partial charge in [-0.3, -0.25) is 0 Å². The number of aromatic nitrogens is 2. The molecule has 0 unspecified atom stereocenters. The summed E-state index contributed by atoms with van der Waals surface area (Å²) < 4.78 is 0. The van der Waals surface area contributed by atoms with E-state index in [0.717, 1.165) is 59.7 Å². The van der Waals surface area contributed by atoms with E-state index in [2.05, 4.69) is 21.6 Å². The second-order valence-corrected chi connectivity index (χ2v) is 7.98. The first-order chi connectivity index (χ1) is 15.8. The SMILES string of the molecule is O=C(Nc1ccccc1)NC1CCN(c2nc(-c3ccccc3)nc3ccccc23)CC1. The number of fused-ring (bicyclic) bond motifs is 1. The fraction of sp³-hybridized carbons (Fsp3) is 0.192. The molecule has 0 bridgehead atoms. The van der Waals surface area contributed by atoms with E-state index in [0.29, 0.717) is 0 Å². The van der Waals surface area contributed by atoms with Crippen molar-refractivity contribution in [1.82, 2.24) is 15.3 Å². The Hall–Kier alpha value is -3.93. The minimum Gasteiger partial charge on any atom is -0.356 e. The molecule has 4 aromatic rings. The molecule has 6 nitrogen and oxygen atoms in total. The van der Waals surface area contributed by atoms with E-state index in [1.165, 1.54) is 0 Å². The largest absolute Gasteiger partial charge is 0.356 e. The van der Waals surface area contributed by atoms with Crippen LogP contribution in [0.25, 0.3) is 22.3 Å². The van der Waals surface area contributed by atoms with E-state index in [9.17, 15) is 4.79 Å². The second-order valence-electron chi connectivity index (χ2n) is 7.98. The van der Waals surface area contributed by atoms with Gasteiger partial charge in [-0.1, -0.05) is 60.7 Å². The zero-order valence-corrected chi connectivity index (χ0v) is 17.7. The van der Waals surface area contributed by atoms with Gasteiger partial charge >= 0.3 is 6.03 Å². The van der Waals surface area contributed by atoms with Crippen LogP contribution in [0.4, 0.5) is 16.3 Å². The molecular formula is C26H25N5O. The van der Waals surface area contributed by atoms with Gasteiger partial charge in [0.05, 0.1) is 5.52 Å². The Labute approximate surface area is 187 Å². The lowest BCUT2D eigenvalue weighted by Crippen LogP contribution is -2.46. The van der Waals surface area contributed by atoms with E-state index in [1.807, 2.05) is 78.9 Å². The van der Waals surface area contributed by atoms with Gasteiger partial charge in [0, 0.05) is 35.8 Å². The number of urea groups is 1. The average Bonchev–Trinajstić information content (AvgIpc) is 2.85. The van der Waals surface area contributed by atoms with Crippen LogP contribution >= 0.6 is 0 Å². The third-order valence-corrected chi connectivity index (χ3v) is 5.78. The Kier molecular flexibility index (Phi) is 5.66. The molecule has 2 amide bonds. The summed E-state index contributed by atoms with van der Waals surface area (Å²) in [6, 6.07) is 27.7. The van der Waals surface area contributed by atoms with Crippen LogP contribution < -0.4 is 15.5 Å². The van der Waals surface area contributed by atoms with Crippen molar-refractivity contribution in [2.75, 3.05) is 23.3 Å². The smallest absolute Gasteiger partial charge is 0.319 e. The van der Waals surface area contributed by atoms with Gasteiger partial charge in [-0.2, -0.15) is 0 Å². The van der Waals surface area contributed by atoms with Crippen molar-refractivity contribution in [2.45, 2.75) is 18.9 Å².